The van der Waals surface area contributed by atoms with Crippen LogP contribution in [0.2, 0.25) is 0 Å². The molecular weight excluding hydrogens is 301 g/mol. The van der Waals surface area contributed by atoms with Crippen molar-refractivity contribution in [2.24, 2.45) is 0 Å². The monoisotopic (exact) mass is 317 g/mol. The van der Waals surface area contributed by atoms with Crippen LogP contribution in [0.3, 0.4) is 0 Å². The van der Waals surface area contributed by atoms with Crippen LogP contribution in [-0.2, 0) is 0 Å². The number of nitrogens with one attached hydrogen (secondary N) is 1. The van der Waals surface area contributed by atoms with Crippen molar-refractivity contribution in [2.75, 3.05) is 25.5 Å². The van der Waals surface area contributed by atoms with Gasteiger partial charge in [-0.1, -0.05) is 0 Å². The summed E-state index contributed by atoms with van der Waals surface area (Å²) in [6.45, 7) is 2.37. The van der Waals surface area contributed by atoms with E-state index in [-0.39, 0.29) is 0 Å². The lowest BCUT2D eigenvalue weighted by Crippen LogP contribution is -2.36. The molecule has 1 aliphatic heterocycles. The van der Waals surface area contributed by atoms with Crippen LogP contribution >= 0.6 is 22.6 Å². The van der Waals surface area contributed by atoms with Crippen LogP contribution in [0.4, 0.5) is 5.82 Å². The lowest BCUT2D eigenvalue weighted by atomic mass is 10.1. The van der Waals surface area contributed by atoms with E-state index < -0.39 is 0 Å². The number of aromatic nitrogens is 1. The first-order chi connectivity index (χ1) is 7.24. The Bertz CT molecular complexity index is 304. The molecule has 1 aromatic rings. The second-order valence-electron chi connectivity index (χ2n) is 4.08. The molecule has 0 saturated carbocycles. The molecule has 3 nitrogen and oxygen atoms in total. The van der Waals surface area contributed by atoms with Gasteiger partial charge in [-0.25, -0.2) is 4.98 Å². The van der Waals surface area contributed by atoms with Crippen molar-refractivity contribution >= 4 is 28.4 Å². The number of rotatable bonds is 2. The highest BCUT2D eigenvalue weighted by Crippen LogP contribution is 2.14. The summed E-state index contributed by atoms with van der Waals surface area (Å²) in [5.41, 5.74) is 0. The number of anilines is 1. The smallest absolute Gasteiger partial charge is 0.126 e. The van der Waals surface area contributed by atoms with Gasteiger partial charge in [0.05, 0.1) is 0 Å². The van der Waals surface area contributed by atoms with Crippen LogP contribution in [-0.4, -0.2) is 36.1 Å². The standard InChI is InChI=1S/C11H16IN3/c1-15-6-4-10(5-7-15)14-11-3-2-9(12)8-13-11/h2-3,8,10H,4-7H2,1H3,(H,13,14). The van der Waals surface area contributed by atoms with Crippen molar-refractivity contribution in [3.8, 4) is 0 Å². The van der Waals surface area contributed by atoms with Gasteiger partial charge >= 0.3 is 0 Å². The molecule has 82 valence electrons. The zero-order valence-corrected chi connectivity index (χ0v) is 11.1. The van der Waals surface area contributed by atoms with E-state index in [1.807, 2.05) is 6.20 Å². The average Bonchev–Trinajstić information content (AvgIpc) is 2.25. The topological polar surface area (TPSA) is 28.2 Å². The molecule has 0 aromatic carbocycles. The molecule has 0 radical (unpaired) electrons. The van der Waals surface area contributed by atoms with Gasteiger partial charge < -0.3 is 10.2 Å². The largest absolute Gasteiger partial charge is 0.367 e. The van der Waals surface area contributed by atoms with Crippen LogP contribution in [0, 0.1) is 3.57 Å². The van der Waals surface area contributed by atoms with E-state index in [0.717, 1.165) is 5.82 Å². The summed E-state index contributed by atoms with van der Waals surface area (Å²) < 4.78 is 1.18. The molecule has 0 atom stereocenters. The number of piperidine rings is 1. The Kier molecular flexibility index (Phi) is 3.80. The van der Waals surface area contributed by atoms with Crippen LogP contribution in [0.15, 0.2) is 18.3 Å². The van der Waals surface area contributed by atoms with E-state index in [1.54, 1.807) is 0 Å². The maximum Gasteiger partial charge on any atom is 0.126 e. The average molecular weight is 317 g/mol. The molecule has 2 rings (SSSR count). The molecule has 0 bridgehead atoms. The summed E-state index contributed by atoms with van der Waals surface area (Å²) in [4.78, 5) is 6.73. The Morgan fingerprint density at radius 2 is 2.13 bits per heavy atom. The van der Waals surface area contributed by atoms with E-state index in [2.05, 4.69) is 57.0 Å². The first-order valence-electron chi connectivity index (χ1n) is 5.30. The van der Waals surface area contributed by atoms with Gasteiger partial charge in [0, 0.05) is 15.8 Å². The zero-order valence-electron chi connectivity index (χ0n) is 8.91. The number of likely N-dealkylation sites (tertiary alicyclic amines) is 1. The summed E-state index contributed by atoms with van der Waals surface area (Å²) in [5.74, 6) is 1.00. The normalized spacial score (nSPS) is 19.1. The van der Waals surface area contributed by atoms with Crippen molar-refractivity contribution in [2.45, 2.75) is 18.9 Å². The number of nitrogens with zero attached hydrogens (tertiary/aromatic N) is 2. The zero-order chi connectivity index (χ0) is 10.7. The summed E-state index contributed by atoms with van der Waals surface area (Å²) >= 11 is 2.27. The molecule has 1 aromatic heterocycles. The lowest BCUT2D eigenvalue weighted by molar-refractivity contribution is 0.263. The molecule has 4 heteroatoms. The van der Waals surface area contributed by atoms with Gasteiger partial charge in [-0.15, -0.1) is 0 Å². The predicted octanol–water partition coefficient (Wildman–Crippen LogP) is 2.19. The summed E-state index contributed by atoms with van der Waals surface area (Å²) in [6, 6.07) is 4.74. The number of halogens is 1. The SMILES string of the molecule is CN1CCC(Nc2ccc(I)cn2)CC1. The number of hydrogen-bond donors (Lipinski definition) is 1. The second-order valence-corrected chi connectivity index (χ2v) is 5.33. The van der Waals surface area contributed by atoms with E-state index >= 15 is 0 Å². The van der Waals surface area contributed by atoms with E-state index in [1.165, 1.54) is 29.5 Å². The molecule has 1 saturated heterocycles. The molecule has 0 amide bonds. The third-order valence-corrected chi connectivity index (χ3v) is 3.44. The lowest BCUT2D eigenvalue weighted by Gasteiger charge is -2.29. The highest BCUT2D eigenvalue weighted by Gasteiger charge is 2.16. The Balaban J connectivity index is 1.89. The molecule has 0 aliphatic carbocycles. The Hall–Kier alpha value is -0.360. The Labute approximate surface area is 104 Å². The van der Waals surface area contributed by atoms with Crippen molar-refractivity contribution < 1.29 is 0 Å². The molecule has 0 unspecified atom stereocenters. The van der Waals surface area contributed by atoms with Gasteiger partial charge in [0.15, 0.2) is 0 Å². The molecule has 1 aliphatic rings. The van der Waals surface area contributed by atoms with Gasteiger partial charge in [0.1, 0.15) is 5.82 Å². The molecular formula is C11H16IN3. The minimum Gasteiger partial charge on any atom is -0.367 e. The maximum absolute atomic E-state index is 4.36. The van der Waals surface area contributed by atoms with Gasteiger partial charge in [0.2, 0.25) is 0 Å². The van der Waals surface area contributed by atoms with Crippen LogP contribution < -0.4 is 5.32 Å². The molecule has 1 fully saturated rings. The number of hydrogen-bond acceptors (Lipinski definition) is 3. The fraction of sp³-hybridized carbons (Fsp3) is 0.545. The van der Waals surface area contributed by atoms with Crippen molar-refractivity contribution in [1.29, 1.82) is 0 Å². The third kappa shape index (κ3) is 3.31. The van der Waals surface area contributed by atoms with Gasteiger partial charge in [0.25, 0.3) is 0 Å². The second kappa shape index (κ2) is 5.12. The maximum atomic E-state index is 4.36. The minimum atomic E-state index is 0.591. The highest BCUT2D eigenvalue weighted by molar-refractivity contribution is 14.1. The van der Waals surface area contributed by atoms with Crippen molar-refractivity contribution in [3.05, 3.63) is 21.9 Å². The van der Waals surface area contributed by atoms with Gasteiger partial charge in [-0.05, 0) is 67.7 Å². The van der Waals surface area contributed by atoms with Crippen molar-refractivity contribution in [3.63, 3.8) is 0 Å². The third-order valence-electron chi connectivity index (χ3n) is 2.80. The van der Waals surface area contributed by atoms with Crippen LogP contribution in [0.25, 0.3) is 0 Å². The number of pyridine rings is 1. The summed E-state index contributed by atoms with van der Waals surface area (Å²) in [5, 5.41) is 3.49. The highest BCUT2D eigenvalue weighted by atomic mass is 127. The predicted molar refractivity (Wildman–Crippen MR) is 71.1 cm³/mol. The molecule has 15 heavy (non-hydrogen) atoms. The van der Waals surface area contributed by atoms with E-state index in [4.69, 9.17) is 0 Å². The molecule has 0 spiro atoms. The van der Waals surface area contributed by atoms with Crippen LogP contribution in [0.5, 0.6) is 0 Å². The first-order valence-corrected chi connectivity index (χ1v) is 6.38. The quantitative estimate of drug-likeness (QED) is 0.848. The van der Waals surface area contributed by atoms with Gasteiger partial charge in [-0.2, -0.15) is 0 Å². The van der Waals surface area contributed by atoms with Gasteiger partial charge in [-0.3, -0.25) is 0 Å². The Morgan fingerprint density at radius 3 is 2.73 bits per heavy atom. The summed E-state index contributed by atoms with van der Waals surface area (Å²) in [6.07, 6.45) is 4.33. The fourth-order valence-corrected chi connectivity index (χ4v) is 2.14. The first kappa shape index (κ1) is 11.1. The Morgan fingerprint density at radius 1 is 1.40 bits per heavy atom. The van der Waals surface area contributed by atoms with E-state index in [0.29, 0.717) is 6.04 Å². The fourth-order valence-electron chi connectivity index (χ4n) is 1.82. The molecule has 1 N–H and O–H groups in total. The summed E-state index contributed by atoms with van der Waals surface area (Å²) in [7, 11) is 2.18. The van der Waals surface area contributed by atoms with E-state index in [9.17, 15) is 0 Å². The van der Waals surface area contributed by atoms with Crippen molar-refractivity contribution in [1.82, 2.24) is 9.88 Å². The van der Waals surface area contributed by atoms with Crippen LogP contribution in [0.1, 0.15) is 12.8 Å². The molecule has 2 heterocycles. The minimum absolute atomic E-state index is 0.591.